The molecule has 0 saturated heterocycles. The van der Waals surface area contributed by atoms with Crippen molar-refractivity contribution < 1.29 is 72.2 Å². The van der Waals surface area contributed by atoms with Gasteiger partial charge in [0.15, 0.2) is 0 Å². The molecule has 0 bridgehead atoms. The molecule has 0 aliphatic heterocycles. The zero-order valence-corrected chi connectivity index (χ0v) is 11.4. The SMILES string of the molecule is NS(=O)(=O)C(F)(F)C(F)F.NS(=O)(=O)C(F)(F)C(F)F.[H-].[Li+]. The number of nitrogens with two attached hydrogens (primary N) is 2. The molecule has 0 aromatic rings. The molecule has 0 aliphatic carbocycles. The summed E-state index contributed by atoms with van der Waals surface area (Å²) in [5, 5.41) is -2.78. The second kappa shape index (κ2) is 7.92. The molecule has 0 spiro atoms. The summed E-state index contributed by atoms with van der Waals surface area (Å²) >= 11 is 0. The van der Waals surface area contributed by atoms with E-state index in [4.69, 9.17) is 0 Å². The van der Waals surface area contributed by atoms with Crippen LogP contribution in [0.25, 0.3) is 0 Å². The smallest absolute Gasteiger partial charge is 1.00 e. The van der Waals surface area contributed by atoms with Crippen LogP contribution in [0.15, 0.2) is 0 Å². The Bertz CT molecular complexity index is 478. The minimum absolute atomic E-state index is 0. The summed E-state index contributed by atoms with van der Waals surface area (Å²) in [7, 11) is -11.0. The van der Waals surface area contributed by atoms with E-state index in [1.807, 2.05) is 0 Å². The molecule has 0 atom stereocenters. The number of sulfonamides is 2. The first-order chi connectivity index (χ1) is 8.39. The van der Waals surface area contributed by atoms with Gasteiger partial charge in [-0.1, -0.05) is 0 Å². The van der Waals surface area contributed by atoms with Crippen molar-refractivity contribution in [1.82, 2.24) is 0 Å². The summed E-state index contributed by atoms with van der Waals surface area (Å²) < 4.78 is 129. The Morgan fingerprint density at radius 3 is 0.857 bits per heavy atom. The fraction of sp³-hybridized carbons (Fsp3) is 1.00. The van der Waals surface area contributed by atoms with Crippen LogP contribution < -0.4 is 29.1 Å². The molecular weight excluding hydrogens is 363 g/mol. The van der Waals surface area contributed by atoms with Crippen LogP contribution in [0.4, 0.5) is 35.1 Å². The van der Waals surface area contributed by atoms with Gasteiger partial charge in [-0.05, 0) is 0 Å². The van der Waals surface area contributed by atoms with E-state index in [-0.39, 0.29) is 20.3 Å². The standard InChI is InChI=1S/2C2H3F4NO2S.Li.H/c2*3-1(4)2(5,6)10(7,8)9;;/h2*1H,(H2,7,8,9);;/q;;+1;-1. The van der Waals surface area contributed by atoms with Gasteiger partial charge in [0.25, 0.3) is 20.0 Å². The number of hydrogen-bond donors (Lipinski definition) is 2. The molecular formula is C4H7F8LiN2O4S2. The van der Waals surface area contributed by atoms with Crippen molar-refractivity contribution in [1.29, 1.82) is 0 Å². The topological polar surface area (TPSA) is 120 Å². The maximum Gasteiger partial charge on any atom is 1.00 e. The van der Waals surface area contributed by atoms with Crippen molar-refractivity contribution in [3.8, 4) is 0 Å². The minimum atomic E-state index is -5.48. The molecule has 0 fully saturated rings. The van der Waals surface area contributed by atoms with Crippen LogP contribution in [0.2, 0.25) is 0 Å². The maximum atomic E-state index is 11.6. The Kier molecular flexibility index (Phi) is 9.73. The van der Waals surface area contributed by atoms with Crippen molar-refractivity contribution in [2.75, 3.05) is 0 Å². The van der Waals surface area contributed by atoms with Gasteiger partial charge in [0.05, 0.1) is 0 Å². The number of alkyl halides is 8. The molecule has 0 aromatic carbocycles. The van der Waals surface area contributed by atoms with Gasteiger partial charge in [-0.25, -0.2) is 44.7 Å². The Hall–Kier alpha value is -0.143. The van der Waals surface area contributed by atoms with Crippen LogP contribution in [0.3, 0.4) is 0 Å². The number of rotatable bonds is 4. The average Bonchev–Trinajstić information content (AvgIpc) is 2.14. The van der Waals surface area contributed by atoms with E-state index in [1.54, 1.807) is 0 Å². The molecule has 0 aliphatic rings. The first kappa shape index (κ1) is 25.8. The Balaban J connectivity index is -0.000000135. The van der Waals surface area contributed by atoms with Crippen LogP contribution >= 0.6 is 0 Å². The average molecular weight is 370 g/mol. The molecule has 17 heteroatoms. The van der Waals surface area contributed by atoms with Crippen molar-refractivity contribution in [2.45, 2.75) is 23.4 Å². The molecule has 0 rings (SSSR count). The van der Waals surface area contributed by atoms with Crippen LogP contribution in [0, 0.1) is 0 Å². The summed E-state index contributed by atoms with van der Waals surface area (Å²) in [6.07, 6.45) is -8.58. The summed E-state index contributed by atoms with van der Waals surface area (Å²) in [6.45, 7) is 0. The van der Waals surface area contributed by atoms with E-state index in [0.717, 1.165) is 0 Å². The molecule has 21 heavy (non-hydrogen) atoms. The predicted molar refractivity (Wildman–Crippen MR) is 49.2 cm³/mol. The minimum Gasteiger partial charge on any atom is -1.00 e. The molecule has 0 unspecified atom stereocenters. The van der Waals surface area contributed by atoms with E-state index in [9.17, 15) is 52.0 Å². The number of primary sulfonamides is 2. The predicted octanol–water partition coefficient (Wildman–Crippen LogP) is -2.62. The summed E-state index contributed by atoms with van der Waals surface area (Å²) in [4.78, 5) is 0. The third kappa shape index (κ3) is 7.10. The van der Waals surface area contributed by atoms with E-state index in [1.165, 1.54) is 0 Å². The summed E-state index contributed by atoms with van der Waals surface area (Å²) in [5.41, 5.74) is 0. The molecule has 6 nitrogen and oxygen atoms in total. The van der Waals surface area contributed by atoms with Gasteiger partial charge < -0.3 is 1.43 Å². The second-order valence-electron chi connectivity index (χ2n) is 2.82. The molecule has 0 radical (unpaired) electrons. The van der Waals surface area contributed by atoms with Crippen LogP contribution in [0.1, 0.15) is 1.43 Å². The van der Waals surface area contributed by atoms with E-state index >= 15 is 0 Å². The van der Waals surface area contributed by atoms with Crippen molar-refractivity contribution in [3.63, 3.8) is 0 Å². The molecule has 4 N–H and O–H groups in total. The zero-order valence-electron chi connectivity index (χ0n) is 10.8. The summed E-state index contributed by atoms with van der Waals surface area (Å²) in [5.74, 6) is 0. The number of hydrogen-bond acceptors (Lipinski definition) is 4. The third-order valence-electron chi connectivity index (χ3n) is 1.27. The van der Waals surface area contributed by atoms with E-state index < -0.39 is 43.4 Å². The first-order valence-electron chi connectivity index (χ1n) is 3.75. The van der Waals surface area contributed by atoms with Crippen molar-refractivity contribution >= 4 is 20.0 Å². The number of halogens is 8. The summed E-state index contributed by atoms with van der Waals surface area (Å²) in [6, 6.07) is 0. The Labute approximate surface area is 126 Å². The monoisotopic (exact) mass is 370 g/mol. The molecule has 0 heterocycles. The van der Waals surface area contributed by atoms with Gasteiger partial charge >= 0.3 is 42.2 Å². The van der Waals surface area contributed by atoms with Gasteiger partial charge in [0.2, 0.25) is 0 Å². The Morgan fingerprint density at radius 1 is 0.714 bits per heavy atom. The van der Waals surface area contributed by atoms with Crippen LogP contribution in [-0.4, -0.2) is 40.2 Å². The van der Waals surface area contributed by atoms with Gasteiger partial charge in [-0.3, -0.25) is 0 Å². The largest absolute Gasteiger partial charge is 1.00 e. The van der Waals surface area contributed by atoms with E-state index in [0.29, 0.717) is 0 Å². The van der Waals surface area contributed by atoms with Gasteiger partial charge in [-0.15, -0.1) is 0 Å². The van der Waals surface area contributed by atoms with Gasteiger partial charge in [0, 0.05) is 0 Å². The van der Waals surface area contributed by atoms with Crippen LogP contribution in [0.5, 0.6) is 0 Å². The van der Waals surface area contributed by atoms with E-state index in [2.05, 4.69) is 10.3 Å². The molecule has 126 valence electrons. The first-order valence-corrected chi connectivity index (χ1v) is 6.85. The van der Waals surface area contributed by atoms with Crippen LogP contribution in [-0.2, 0) is 20.0 Å². The van der Waals surface area contributed by atoms with Crippen molar-refractivity contribution in [3.05, 3.63) is 0 Å². The fourth-order valence-corrected chi connectivity index (χ4v) is 0.745. The Morgan fingerprint density at radius 2 is 0.857 bits per heavy atom. The van der Waals surface area contributed by atoms with Crippen molar-refractivity contribution in [2.24, 2.45) is 10.3 Å². The fourth-order valence-electron chi connectivity index (χ4n) is 0.248. The maximum absolute atomic E-state index is 11.6. The zero-order chi connectivity index (χ0) is 17.2. The third-order valence-corrected chi connectivity index (χ3v) is 3.14. The molecule has 0 saturated carbocycles. The van der Waals surface area contributed by atoms with Gasteiger partial charge in [-0.2, -0.15) is 17.6 Å². The molecule has 0 amide bonds. The molecule has 0 aromatic heterocycles. The quantitative estimate of drug-likeness (QED) is 0.416. The second-order valence-corrected chi connectivity index (χ2v) is 6.08. The van der Waals surface area contributed by atoms with Gasteiger partial charge in [0.1, 0.15) is 0 Å². The normalized spacial score (nSPS) is 13.5.